The van der Waals surface area contributed by atoms with Crippen molar-refractivity contribution in [3.05, 3.63) is 34.3 Å². The number of nitrogens with one attached hydrogen (secondary N) is 1. The van der Waals surface area contributed by atoms with Crippen molar-refractivity contribution in [1.29, 1.82) is 0 Å². The topological polar surface area (TPSA) is 12.0 Å². The predicted octanol–water partition coefficient (Wildman–Crippen LogP) is 5.32. The first kappa shape index (κ1) is 15.7. The van der Waals surface area contributed by atoms with Crippen molar-refractivity contribution in [3.8, 4) is 0 Å². The van der Waals surface area contributed by atoms with Gasteiger partial charge in [-0.1, -0.05) is 68.2 Å². The summed E-state index contributed by atoms with van der Waals surface area (Å²) in [5, 5.41) is 3.60. The highest BCUT2D eigenvalue weighted by Gasteiger charge is 2.15. The average Bonchev–Trinajstić information content (AvgIpc) is 2.27. The van der Waals surface area contributed by atoms with Crippen LogP contribution in [0.4, 0.5) is 0 Å². The quantitative estimate of drug-likeness (QED) is 0.750. The number of halogens is 1. The minimum absolute atomic E-state index is 0.435. The van der Waals surface area contributed by atoms with Crippen molar-refractivity contribution in [2.24, 2.45) is 5.41 Å². The van der Waals surface area contributed by atoms with Gasteiger partial charge >= 0.3 is 0 Å². The molecule has 18 heavy (non-hydrogen) atoms. The summed E-state index contributed by atoms with van der Waals surface area (Å²) in [7, 11) is 0. The SMILES string of the molecule is CCNC(CCCC(C)(C)C)c1ccccc1Br. The van der Waals surface area contributed by atoms with E-state index in [0.29, 0.717) is 11.5 Å². The molecule has 0 aromatic heterocycles. The first-order chi connectivity index (χ1) is 8.44. The second-order valence-corrected chi connectivity index (χ2v) is 6.94. The Morgan fingerprint density at radius 1 is 1.22 bits per heavy atom. The van der Waals surface area contributed by atoms with Crippen LogP contribution in [0.2, 0.25) is 0 Å². The van der Waals surface area contributed by atoms with Crippen molar-refractivity contribution in [1.82, 2.24) is 5.32 Å². The van der Waals surface area contributed by atoms with Crippen molar-refractivity contribution in [2.75, 3.05) is 6.54 Å². The third kappa shape index (κ3) is 5.53. The maximum atomic E-state index is 3.66. The van der Waals surface area contributed by atoms with E-state index in [9.17, 15) is 0 Å². The second-order valence-electron chi connectivity index (χ2n) is 6.08. The number of hydrogen-bond donors (Lipinski definition) is 1. The van der Waals surface area contributed by atoms with Crippen molar-refractivity contribution in [3.63, 3.8) is 0 Å². The molecule has 1 unspecified atom stereocenters. The van der Waals surface area contributed by atoms with Gasteiger partial charge < -0.3 is 5.32 Å². The van der Waals surface area contributed by atoms with Gasteiger partial charge in [0.15, 0.2) is 0 Å². The third-order valence-electron chi connectivity index (χ3n) is 3.15. The van der Waals surface area contributed by atoms with Gasteiger partial charge in [-0.15, -0.1) is 0 Å². The molecule has 0 spiro atoms. The van der Waals surface area contributed by atoms with Gasteiger partial charge in [-0.2, -0.15) is 0 Å². The van der Waals surface area contributed by atoms with Crippen LogP contribution in [0.1, 0.15) is 58.6 Å². The maximum absolute atomic E-state index is 3.66. The number of benzene rings is 1. The van der Waals surface area contributed by atoms with Crippen molar-refractivity contribution in [2.45, 2.75) is 53.0 Å². The Labute approximate surface area is 120 Å². The first-order valence-corrected chi connectivity index (χ1v) is 7.71. The van der Waals surface area contributed by atoms with E-state index in [1.54, 1.807) is 0 Å². The molecule has 0 saturated heterocycles. The molecule has 1 atom stereocenters. The zero-order valence-electron chi connectivity index (χ0n) is 12.1. The number of hydrogen-bond acceptors (Lipinski definition) is 1. The van der Waals surface area contributed by atoms with Gasteiger partial charge in [0.25, 0.3) is 0 Å². The summed E-state index contributed by atoms with van der Waals surface area (Å²) in [6.45, 7) is 10.1. The lowest BCUT2D eigenvalue weighted by molar-refractivity contribution is 0.344. The van der Waals surface area contributed by atoms with Gasteiger partial charge in [-0.3, -0.25) is 0 Å². The predicted molar refractivity (Wildman–Crippen MR) is 83.9 cm³/mol. The molecule has 102 valence electrons. The molecule has 0 fully saturated rings. The van der Waals surface area contributed by atoms with Crippen LogP contribution in [0, 0.1) is 5.41 Å². The smallest absolute Gasteiger partial charge is 0.0331 e. The van der Waals surface area contributed by atoms with E-state index in [2.05, 4.69) is 73.2 Å². The van der Waals surface area contributed by atoms with Crippen LogP contribution >= 0.6 is 15.9 Å². The summed E-state index contributed by atoms with van der Waals surface area (Å²) in [5.74, 6) is 0. The summed E-state index contributed by atoms with van der Waals surface area (Å²) in [5.41, 5.74) is 1.82. The average molecular weight is 312 g/mol. The summed E-state index contributed by atoms with van der Waals surface area (Å²) in [6, 6.07) is 9.01. The largest absolute Gasteiger partial charge is 0.310 e. The molecule has 1 aromatic rings. The van der Waals surface area contributed by atoms with Gasteiger partial charge in [-0.05, 0) is 36.4 Å². The van der Waals surface area contributed by atoms with E-state index in [1.807, 2.05) is 0 Å². The fourth-order valence-corrected chi connectivity index (χ4v) is 2.77. The lowest BCUT2D eigenvalue weighted by Gasteiger charge is -2.23. The molecule has 0 amide bonds. The monoisotopic (exact) mass is 311 g/mol. The minimum atomic E-state index is 0.435. The molecule has 1 N–H and O–H groups in total. The summed E-state index contributed by atoms with van der Waals surface area (Å²) in [4.78, 5) is 0. The molecule has 0 radical (unpaired) electrons. The molecular weight excluding hydrogens is 286 g/mol. The molecule has 0 bridgehead atoms. The molecule has 0 aliphatic rings. The van der Waals surface area contributed by atoms with Gasteiger partial charge in [0.05, 0.1) is 0 Å². The molecule has 0 saturated carbocycles. The van der Waals surface area contributed by atoms with Gasteiger partial charge in [-0.25, -0.2) is 0 Å². The van der Waals surface area contributed by atoms with Crippen LogP contribution in [-0.2, 0) is 0 Å². The first-order valence-electron chi connectivity index (χ1n) is 6.92. The Hall–Kier alpha value is -0.340. The van der Waals surface area contributed by atoms with Gasteiger partial charge in [0.2, 0.25) is 0 Å². The van der Waals surface area contributed by atoms with Gasteiger partial charge in [0, 0.05) is 10.5 Å². The van der Waals surface area contributed by atoms with Crippen LogP contribution in [-0.4, -0.2) is 6.54 Å². The highest BCUT2D eigenvalue weighted by Crippen LogP contribution is 2.29. The Kier molecular flexibility index (Phi) is 6.37. The summed E-state index contributed by atoms with van der Waals surface area (Å²) >= 11 is 3.66. The van der Waals surface area contributed by atoms with E-state index < -0.39 is 0 Å². The zero-order valence-corrected chi connectivity index (χ0v) is 13.7. The van der Waals surface area contributed by atoms with Crippen LogP contribution < -0.4 is 5.32 Å². The van der Waals surface area contributed by atoms with Crippen LogP contribution in [0.5, 0.6) is 0 Å². The summed E-state index contributed by atoms with van der Waals surface area (Å²) < 4.78 is 1.21. The molecule has 1 aromatic carbocycles. The molecule has 0 aliphatic heterocycles. The van der Waals surface area contributed by atoms with E-state index in [4.69, 9.17) is 0 Å². The minimum Gasteiger partial charge on any atom is -0.310 e. The Balaban J connectivity index is 2.63. The van der Waals surface area contributed by atoms with Crippen LogP contribution in [0.15, 0.2) is 28.7 Å². The Morgan fingerprint density at radius 3 is 2.44 bits per heavy atom. The normalized spacial score (nSPS) is 13.6. The Bertz CT molecular complexity index is 354. The maximum Gasteiger partial charge on any atom is 0.0331 e. The molecular formula is C16H26BrN. The molecule has 1 rings (SSSR count). The van der Waals surface area contributed by atoms with Crippen molar-refractivity contribution < 1.29 is 0 Å². The fourth-order valence-electron chi connectivity index (χ4n) is 2.21. The molecule has 1 nitrogen and oxygen atoms in total. The van der Waals surface area contributed by atoms with E-state index in [-0.39, 0.29) is 0 Å². The lowest BCUT2D eigenvalue weighted by Crippen LogP contribution is -2.21. The van der Waals surface area contributed by atoms with Crippen molar-refractivity contribution >= 4 is 15.9 Å². The third-order valence-corrected chi connectivity index (χ3v) is 3.87. The highest BCUT2D eigenvalue weighted by molar-refractivity contribution is 9.10. The summed E-state index contributed by atoms with van der Waals surface area (Å²) in [6.07, 6.45) is 3.75. The van der Waals surface area contributed by atoms with Gasteiger partial charge in [0.1, 0.15) is 0 Å². The molecule has 2 heteroatoms. The highest BCUT2D eigenvalue weighted by atomic mass is 79.9. The van der Waals surface area contributed by atoms with Crippen LogP contribution in [0.3, 0.4) is 0 Å². The zero-order chi connectivity index (χ0) is 13.6. The lowest BCUT2D eigenvalue weighted by atomic mass is 9.88. The van der Waals surface area contributed by atoms with E-state index >= 15 is 0 Å². The number of rotatable bonds is 6. The second kappa shape index (κ2) is 7.30. The molecule has 0 heterocycles. The fraction of sp³-hybridized carbons (Fsp3) is 0.625. The Morgan fingerprint density at radius 2 is 1.89 bits per heavy atom. The van der Waals surface area contributed by atoms with E-state index in [0.717, 1.165) is 6.54 Å². The van der Waals surface area contributed by atoms with Crippen LogP contribution in [0.25, 0.3) is 0 Å². The standard InChI is InChI=1S/C16H26BrN/c1-5-18-15(11-8-12-16(2,3)4)13-9-6-7-10-14(13)17/h6-7,9-10,15,18H,5,8,11-12H2,1-4H3. The molecule has 0 aliphatic carbocycles. The van der Waals surface area contributed by atoms with E-state index in [1.165, 1.54) is 29.3 Å².